The van der Waals surface area contributed by atoms with Crippen LogP contribution in [0.2, 0.25) is 0 Å². The van der Waals surface area contributed by atoms with Gasteiger partial charge in [0.25, 0.3) is 5.91 Å². The van der Waals surface area contributed by atoms with Gasteiger partial charge in [-0.2, -0.15) is 0 Å². The van der Waals surface area contributed by atoms with Crippen LogP contribution in [0.4, 0.5) is 4.39 Å². The molecule has 3 rings (SSSR count). The van der Waals surface area contributed by atoms with Gasteiger partial charge in [-0.15, -0.1) is 0 Å². The number of carbonyl (C=O) groups excluding carboxylic acids is 1. The van der Waals surface area contributed by atoms with Crippen molar-refractivity contribution in [1.82, 2.24) is 4.90 Å². The number of hydrogen-bond donors (Lipinski definition) is 1. The van der Waals surface area contributed by atoms with Crippen LogP contribution in [0.1, 0.15) is 36.5 Å². The van der Waals surface area contributed by atoms with Gasteiger partial charge in [0.05, 0.1) is 18.1 Å². The highest BCUT2D eigenvalue weighted by Gasteiger charge is 2.59. The summed E-state index contributed by atoms with van der Waals surface area (Å²) in [5.74, 6) is -1.81. The highest BCUT2D eigenvalue weighted by Crippen LogP contribution is 2.59. The second-order valence-corrected chi connectivity index (χ2v) is 6.30. The summed E-state index contributed by atoms with van der Waals surface area (Å²) >= 11 is 0. The van der Waals surface area contributed by atoms with Gasteiger partial charge >= 0.3 is 5.97 Å². The number of likely N-dealkylation sites (tertiary alicyclic amines) is 1. The van der Waals surface area contributed by atoms with Crippen LogP contribution in [-0.2, 0) is 4.79 Å². The number of para-hydroxylation sites is 1. The lowest BCUT2D eigenvalue weighted by atomic mass is 9.90. The van der Waals surface area contributed by atoms with Gasteiger partial charge in [-0.25, -0.2) is 4.39 Å². The zero-order valence-electron chi connectivity index (χ0n) is 13.0. The quantitative estimate of drug-likeness (QED) is 0.925. The van der Waals surface area contributed by atoms with E-state index >= 15 is 0 Å². The molecule has 1 N–H and O–H groups in total. The first-order chi connectivity index (χ1) is 11.0. The molecule has 1 aromatic rings. The summed E-state index contributed by atoms with van der Waals surface area (Å²) in [7, 11) is 0. The van der Waals surface area contributed by atoms with Gasteiger partial charge in [0.15, 0.2) is 11.6 Å². The topological polar surface area (TPSA) is 66.8 Å². The van der Waals surface area contributed by atoms with Crippen LogP contribution in [0.15, 0.2) is 18.2 Å². The lowest BCUT2D eigenvalue weighted by Crippen LogP contribution is -2.40. The van der Waals surface area contributed by atoms with E-state index in [4.69, 9.17) is 9.84 Å². The molecular formula is C17H20FNO4. The largest absolute Gasteiger partial charge is 0.490 e. The molecule has 124 valence electrons. The first-order valence-corrected chi connectivity index (χ1v) is 7.92. The molecule has 1 heterocycles. The molecule has 6 heteroatoms. The van der Waals surface area contributed by atoms with Crippen molar-refractivity contribution in [2.75, 3.05) is 19.7 Å². The van der Waals surface area contributed by atoms with Crippen LogP contribution in [-0.4, -0.2) is 41.6 Å². The molecule has 0 aromatic heterocycles. The molecule has 1 aliphatic heterocycles. The third-order valence-electron chi connectivity index (χ3n) is 5.02. The molecule has 0 bridgehead atoms. The molecule has 1 amide bonds. The zero-order valence-corrected chi connectivity index (χ0v) is 13.0. The molecular weight excluding hydrogens is 301 g/mol. The Morgan fingerprint density at radius 2 is 2.09 bits per heavy atom. The number of ether oxygens (including phenoxy) is 1. The molecule has 1 aromatic carbocycles. The predicted octanol–water partition coefficient (Wildman–Crippen LogP) is 2.55. The number of carboxylic acid groups (broad SMARTS) is 1. The van der Waals surface area contributed by atoms with Crippen molar-refractivity contribution in [1.29, 1.82) is 0 Å². The molecule has 2 fully saturated rings. The van der Waals surface area contributed by atoms with E-state index in [0.29, 0.717) is 32.4 Å². The van der Waals surface area contributed by atoms with Crippen LogP contribution in [0.3, 0.4) is 0 Å². The number of amides is 1. The standard InChI is InChI=1S/C17H20FNO4/c1-2-23-14-11(4-3-5-13(14)18)15(20)19-8-6-17(7-9-19)10-12(17)16(21)22/h3-5,12H,2,6-10H2,1H3,(H,21,22). The fraction of sp³-hybridized carbons (Fsp3) is 0.529. The summed E-state index contributed by atoms with van der Waals surface area (Å²) in [6, 6.07) is 4.34. The Kier molecular flexibility index (Phi) is 4.00. The summed E-state index contributed by atoms with van der Waals surface area (Å²) in [6.07, 6.45) is 2.08. The molecule has 1 spiro atoms. The van der Waals surface area contributed by atoms with Gasteiger partial charge in [0.2, 0.25) is 0 Å². The van der Waals surface area contributed by atoms with Crippen molar-refractivity contribution in [3.8, 4) is 5.75 Å². The SMILES string of the molecule is CCOc1c(F)cccc1C(=O)N1CCC2(CC1)CC2C(=O)O. The minimum Gasteiger partial charge on any atom is -0.490 e. The van der Waals surface area contributed by atoms with E-state index in [1.165, 1.54) is 12.1 Å². The average molecular weight is 321 g/mol. The molecule has 2 aliphatic rings. The monoisotopic (exact) mass is 321 g/mol. The van der Waals surface area contributed by atoms with E-state index in [9.17, 15) is 14.0 Å². The van der Waals surface area contributed by atoms with Gasteiger partial charge < -0.3 is 14.7 Å². The van der Waals surface area contributed by atoms with Crippen LogP contribution in [0, 0.1) is 17.2 Å². The highest BCUT2D eigenvalue weighted by molar-refractivity contribution is 5.97. The summed E-state index contributed by atoms with van der Waals surface area (Å²) in [4.78, 5) is 25.4. The van der Waals surface area contributed by atoms with Crippen molar-refractivity contribution in [2.45, 2.75) is 26.2 Å². The van der Waals surface area contributed by atoms with Crippen LogP contribution in [0.25, 0.3) is 0 Å². The summed E-state index contributed by atoms with van der Waals surface area (Å²) in [5, 5.41) is 9.11. The smallest absolute Gasteiger partial charge is 0.307 e. The maximum Gasteiger partial charge on any atom is 0.307 e. The molecule has 5 nitrogen and oxygen atoms in total. The Labute approximate surface area is 134 Å². The fourth-order valence-electron chi connectivity index (χ4n) is 3.54. The zero-order chi connectivity index (χ0) is 16.6. The first kappa shape index (κ1) is 15.8. The maximum absolute atomic E-state index is 13.9. The van der Waals surface area contributed by atoms with E-state index in [-0.39, 0.29) is 35.2 Å². The van der Waals surface area contributed by atoms with Crippen molar-refractivity contribution in [3.63, 3.8) is 0 Å². The first-order valence-electron chi connectivity index (χ1n) is 7.92. The van der Waals surface area contributed by atoms with Gasteiger partial charge in [0, 0.05) is 13.1 Å². The summed E-state index contributed by atoms with van der Waals surface area (Å²) < 4.78 is 19.2. The van der Waals surface area contributed by atoms with Crippen molar-refractivity contribution >= 4 is 11.9 Å². The molecule has 1 saturated carbocycles. The molecule has 1 aliphatic carbocycles. The van der Waals surface area contributed by atoms with Crippen molar-refractivity contribution < 1.29 is 23.8 Å². The number of aliphatic carboxylic acids is 1. The number of rotatable bonds is 4. The number of halogens is 1. The van der Waals surface area contributed by atoms with E-state index in [2.05, 4.69) is 0 Å². The molecule has 23 heavy (non-hydrogen) atoms. The Bertz CT molecular complexity index is 637. The molecule has 1 unspecified atom stereocenters. The number of nitrogens with zero attached hydrogens (tertiary/aromatic N) is 1. The lowest BCUT2D eigenvalue weighted by Gasteiger charge is -2.33. The van der Waals surface area contributed by atoms with Gasteiger partial charge in [0.1, 0.15) is 0 Å². The van der Waals surface area contributed by atoms with Crippen LogP contribution >= 0.6 is 0 Å². The Hall–Kier alpha value is -2.11. The van der Waals surface area contributed by atoms with Crippen molar-refractivity contribution in [2.24, 2.45) is 11.3 Å². The average Bonchev–Trinajstić information content (AvgIpc) is 3.24. The minimum absolute atomic E-state index is 0.00452. The molecule has 1 saturated heterocycles. The number of benzene rings is 1. The van der Waals surface area contributed by atoms with E-state index < -0.39 is 11.8 Å². The van der Waals surface area contributed by atoms with Crippen molar-refractivity contribution in [3.05, 3.63) is 29.6 Å². The predicted molar refractivity (Wildman–Crippen MR) is 80.9 cm³/mol. The fourth-order valence-corrected chi connectivity index (χ4v) is 3.54. The van der Waals surface area contributed by atoms with Gasteiger partial charge in [-0.05, 0) is 43.7 Å². The Morgan fingerprint density at radius 3 is 2.65 bits per heavy atom. The van der Waals surface area contributed by atoms with Gasteiger partial charge in [-0.3, -0.25) is 9.59 Å². The number of hydrogen-bond acceptors (Lipinski definition) is 3. The number of carbonyl (C=O) groups is 2. The third kappa shape index (κ3) is 2.78. The van der Waals surface area contributed by atoms with E-state index in [0.717, 1.165) is 0 Å². The number of carboxylic acids is 1. The van der Waals surface area contributed by atoms with Crippen LogP contribution < -0.4 is 4.74 Å². The second-order valence-electron chi connectivity index (χ2n) is 6.30. The normalized spacial score (nSPS) is 22.0. The van der Waals surface area contributed by atoms with Gasteiger partial charge in [-0.1, -0.05) is 6.07 Å². The number of piperidine rings is 1. The summed E-state index contributed by atoms with van der Waals surface area (Å²) in [5.41, 5.74) is 0.0983. The second kappa shape index (κ2) is 5.83. The third-order valence-corrected chi connectivity index (χ3v) is 5.02. The van der Waals surface area contributed by atoms with E-state index in [1.54, 1.807) is 17.9 Å². The summed E-state index contributed by atoms with van der Waals surface area (Å²) in [6.45, 7) is 3.03. The van der Waals surface area contributed by atoms with Crippen LogP contribution in [0.5, 0.6) is 5.75 Å². The minimum atomic E-state index is -0.742. The lowest BCUT2D eigenvalue weighted by molar-refractivity contribution is -0.139. The molecule has 1 atom stereocenters. The van der Waals surface area contributed by atoms with E-state index in [1.807, 2.05) is 0 Å². The maximum atomic E-state index is 13.9. The molecule has 0 radical (unpaired) electrons. The highest BCUT2D eigenvalue weighted by atomic mass is 19.1. The Morgan fingerprint density at radius 1 is 1.39 bits per heavy atom. The Balaban J connectivity index is 1.71.